The van der Waals surface area contributed by atoms with E-state index in [1.807, 2.05) is 0 Å². The molecule has 0 aliphatic heterocycles. The minimum atomic E-state index is -0.678. The molecule has 0 bridgehead atoms. The van der Waals surface area contributed by atoms with Crippen molar-refractivity contribution in [2.75, 3.05) is 16.0 Å². The Bertz CT molecular complexity index is 1340. The topological polar surface area (TPSA) is 101 Å². The summed E-state index contributed by atoms with van der Waals surface area (Å²) >= 11 is 6.04. The molecule has 4 aromatic rings. The van der Waals surface area contributed by atoms with Gasteiger partial charge in [0, 0.05) is 6.20 Å². The fourth-order valence-electron chi connectivity index (χ4n) is 3.01. The lowest BCUT2D eigenvalue weighted by atomic mass is 10.1. The summed E-state index contributed by atoms with van der Waals surface area (Å²) in [4.78, 5) is 29.0. The summed E-state index contributed by atoms with van der Waals surface area (Å²) in [6.07, 6.45) is 4.56. The van der Waals surface area contributed by atoms with Gasteiger partial charge in [0.2, 0.25) is 0 Å². The fourth-order valence-corrected chi connectivity index (χ4v) is 3.19. The SMILES string of the molecule is Cc1ncccc1NC(=O)c1cc(-n2cc(NC(=O)Nc3ccccc3Cl)cn2)ccc1F. The summed E-state index contributed by atoms with van der Waals surface area (Å²) in [5.74, 6) is -1.29. The van der Waals surface area contributed by atoms with Crippen LogP contribution in [0.15, 0.2) is 73.2 Å². The second-order valence-electron chi connectivity index (χ2n) is 6.99. The van der Waals surface area contributed by atoms with Gasteiger partial charge in [-0.3, -0.25) is 9.78 Å². The number of nitrogens with one attached hydrogen (secondary N) is 3. The number of aromatic nitrogens is 3. The minimum Gasteiger partial charge on any atom is -0.320 e. The van der Waals surface area contributed by atoms with Crippen molar-refractivity contribution in [1.82, 2.24) is 14.8 Å². The first kappa shape index (κ1) is 22.0. The number of anilines is 3. The second-order valence-corrected chi connectivity index (χ2v) is 7.39. The monoisotopic (exact) mass is 464 g/mol. The number of halogens is 2. The van der Waals surface area contributed by atoms with Crippen LogP contribution in [-0.4, -0.2) is 26.7 Å². The van der Waals surface area contributed by atoms with Crippen LogP contribution in [0.2, 0.25) is 5.02 Å². The molecule has 0 atom stereocenters. The molecule has 0 saturated carbocycles. The summed E-state index contributed by atoms with van der Waals surface area (Å²) in [6.45, 7) is 1.74. The molecule has 0 spiro atoms. The molecule has 0 unspecified atom stereocenters. The number of nitrogens with zero attached hydrogens (tertiary/aromatic N) is 3. The zero-order chi connectivity index (χ0) is 23.4. The van der Waals surface area contributed by atoms with Crippen LogP contribution in [0.4, 0.5) is 26.2 Å². The number of benzene rings is 2. The molecule has 0 aliphatic rings. The summed E-state index contributed by atoms with van der Waals surface area (Å²) in [5, 5.41) is 12.5. The molecule has 0 fully saturated rings. The van der Waals surface area contributed by atoms with Crippen LogP contribution in [0.25, 0.3) is 5.69 Å². The summed E-state index contributed by atoms with van der Waals surface area (Å²) < 4.78 is 15.8. The van der Waals surface area contributed by atoms with Crippen LogP contribution in [0.3, 0.4) is 0 Å². The van der Waals surface area contributed by atoms with Crippen LogP contribution >= 0.6 is 11.6 Å². The van der Waals surface area contributed by atoms with E-state index in [4.69, 9.17) is 11.6 Å². The fraction of sp³-hybridized carbons (Fsp3) is 0.0435. The van der Waals surface area contributed by atoms with Crippen molar-refractivity contribution in [2.24, 2.45) is 0 Å². The van der Waals surface area contributed by atoms with Gasteiger partial charge in [0.05, 0.1) is 51.4 Å². The van der Waals surface area contributed by atoms with Crippen LogP contribution in [0, 0.1) is 12.7 Å². The Morgan fingerprint density at radius 2 is 1.79 bits per heavy atom. The smallest absolute Gasteiger partial charge is 0.320 e. The third kappa shape index (κ3) is 5.16. The van der Waals surface area contributed by atoms with Gasteiger partial charge in [0.15, 0.2) is 0 Å². The standard InChI is InChI=1S/C23H18ClFN6O2/c1-14-20(7-4-10-26-14)29-22(32)17-11-16(8-9-19(17)25)31-13-15(12-27-31)28-23(33)30-21-6-3-2-5-18(21)24/h2-13H,1H3,(H,29,32)(H2,28,30,33). The van der Waals surface area contributed by atoms with E-state index in [0.717, 1.165) is 0 Å². The normalized spacial score (nSPS) is 10.5. The van der Waals surface area contributed by atoms with Gasteiger partial charge in [-0.25, -0.2) is 13.9 Å². The summed E-state index contributed by atoms with van der Waals surface area (Å²) in [7, 11) is 0. The van der Waals surface area contributed by atoms with E-state index in [9.17, 15) is 14.0 Å². The predicted octanol–water partition coefficient (Wildman–Crippen LogP) is 5.26. The number of hydrogen-bond acceptors (Lipinski definition) is 4. The molecule has 8 nitrogen and oxygen atoms in total. The zero-order valence-electron chi connectivity index (χ0n) is 17.3. The van der Waals surface area contributed by atoms with E-state index >= 15 is 0 Å². The van der Waals surface area contributed by atoms with E-state index < -0.39 is 17.8 Å². The maximum absolute atomic E-state index is 14.4. The molecule has 10 heteroatoms. The summed E-state index contributed by atoms with van der Waals surface area (Å²) in [5.41, 5.74) is 2.23. The van der Waals surface area contributed by atoms with Crippen molar-refractivity contribution in [3.63, 3.8) is 0 Å². The summed E-state index contributed by atoms with van der Waals surface area (Å²) in [6, 6.07) is 13.7. The van der Waals surface area contributed by atoms with Crippen LogP contribution in [0.1, 0.15) is 16.1 Å². The van der Waals surface area contributed by atoms with Gasteiger partial charge in [-0.2, -0.15) is 5.10 Å². The molecule has 2 aromatic heterocycles. The zero-order valence-corrected chi connectivity index (χ0v) is 18.1. The molecule has 33 heavy (non-hydrogen) atoms. The Morgan fingerprint density at radius 3 is 2.58 bits per heavy atom. The lowest BCUT2D eigenvalue weighted by molar-refractivity contribution is 0.102. The molecule has 2 aromatic carbocycles. The van der Waals surface area contributed by atoms with Crippen molar-refractivity contribution >= 4 is 40.6 Å². The number of pyridine rings is 1. The van der Waals surface area contributed by atoms with Crippen LogP contribution in [0.5, 0.6) is 0 Å². The third-order valence-electron chi connectivity index (χ3n) is 4.68. The van der Waals surface area contributed by atoms with E-state index in [0.29, 0.717) is 33.5 Å². The number of amides is 3. The highest BCUT2D eigenvalue weighted by atomic mass is 35.5. The van der Waals surface area contributed by atoms with Gasteiger partial charge < -0.3 is 16.0 Å². The molecular weight excluding hydrogens is 447 g/mol. The quantitative estimate of drug-likeness (QED) is 0.374. The highest BCUT2D eigenvalue weighted by Gasteiger charge is 2.15. The van der Waals surface area contributed by atoms with Crippen molar-refractivity contribution in [1.29, 1.82) is 0 Å². The molecule has 4 rings (SSSR count). The van der Waals surface area contributed by atoms with Gasteiger partial charge in [0.25, 0.3) is 5.91 Å². The number of aryl methyl sites for hydroxylation is 1. The molecule has 0 saturated heterocycles. The van der Waals surface area contributed by atoms with Crippen molar-refractivity contribution < 1.29 is 14.0 Å². The molecule has 2 heterocycles. The number of urea groups is 1. The molecule has 0 radical (unpaired) electrons. The molecule has 166 valence electrons. The number of para-hydroxylation sites is 1. The Kier molecular flexibility index (Phi) is 6.32. The van der Waals surface area contributed by atoms with Crippen molar-refractivity contribution in [3.8, 4) is 5.69 Å². The molecular formula is C23H18ClFN6O2. The Morgan fingerprint density at radius 1 is 1.00 bits per heavy atom. The average Bonchev–Trinajstić information content (AvgIpc) is 3.25. The van der Waals surface area contributed by atoms with Gasteiger partial charge in [-0.15, -0.1) is 0 Å². The van der Waals surface area contributed by atoms with Crippen molar-refractivity contribution in [3.05, 3.63) is 95.3 Å². The van der Waals surface area contributed by atoms with Gasteiger partial charge in [-0.05, 0) is 49.4 Å². The molecule has 3 N–H and O–H groups in total. The largest absolute Gasteiger partial charge is 0.323 e. The number of hydrogen-bond donors (Lipinski definition) is 3. The first-order valence-electron chi connectivity index (χ1n) is 9.81. The maximum atomic E-state index is 14.4. The molecule has 0 aliphatic carbocycles. The van der Waals surface area contributed by atoms with Gasteiger partial charge in [0.1, 0.15) is 5.82 Å². The highest BCUT2D eigenvalue weighted by molar-refractivity contribution is 6.33. The number of carbonyl (C=O) groups is 2. The van der Waals surface area contributed by atoms with E-state index in [2.05, 4.69) is 26.0 Å². The first-order chi connectivity index (χ1) is 15.9. The predicted molar refractivity (Wildman–Crippen MR) is 125 cm³/mol. The Balaban J connectivity index is 1.49. The number of rotatable bonds is 5. The lowest BCUT2D eigenvalue weighted by Crippen LogP contribution is -2.19. The highest BCUT2D eigenvalue weighted by Crippen LogP contribution is 2.21. The third-order valence-corrected chi connectivity index (χ3v) is 5.01. The van der Waals surface area contributed by atoms with E-state index in [1.165, 1.54) is 35.3 Å². The van der Waals surface area contributed by atoms with Crippen LogP contribution < -0.4 is 16.0 Å². The minimum absolute atomic E-state index is 0.155. The second kappa shape index (κ2) is 9.49. The van der Waals surface area contributed by atoms with Gasteiger partial charge in [-0.1, -0.05) is 23.7 Å². The molecule has 3 amide bonds. The lowest BCUT2D eigenvalue weighted by Gasteiger charge is -2.10. The van der Waals surface area contributed by atoms with Crippen molar-refractivity contribution in [2.45, 2.75) is 6.92 Å². The Hall–Kier alpha value is -4.24. The average molecular weight is 465 g/mol. The maximum Gasteiger partial charge on any atom is 0.323 e. The van der Waals surface area contributed by atoms with E-state index in [-0.39, 0.29) is 5.56 Å². The Labute approximate surface area is 193 Å². The number of carbonyl (C=O) groups excluding carboxylic acids is 2. The van der Waals surface area contributed by atoms with Crippen LogP contribution in [-0.2, 0) is 0 Å². The first-order valence-corrected chi connectivity index (χ1v) is 10.2. The van der Waals surface area contributed by atoms with E-state index in [1.54, 1.807) is 49.5 Å². The van der Waals surface area contributed by atoms with Gasteiger partial charge >= 0.3 is 6.03 Å².